The zero-order valence-corrected chi connectivity index (χ0v) is 24.9. The number of likely N-dealkylation sites (tertiary alicyclic amines) is 1. The molecular formula is C29H32BrClN2O3S. The predicted molar refractivity (Wildman–Crippen MR) is 154 cm³/mol. The van der Waals surface area contributed by atoms with Gasteiger partial charge in [-0.15, -0.1) is 0 Å². The maximum atomic E-state index is 13.4. The average molecular weight is 604 g/mol. The molecule has 196 valence electrons. The molecule has 37 heavy (non-hydrogen) atoms. The number of nitrogens with zero attached hydrogens (tertiary/aromatic N) is 1. The highest BCUT2D eigenvalue weighted by atomic mass is 79.9. The van der Waals surface area contributed by atoms with Crippen LogP contribution in [-0.2, 0) is 15.4 Å². The minimum Gasteiger partial charge on any atom is -0.332 e. The molecule has 1 aliphatic rings. The summed E-state index contributed by atoms with van der Waals surface area (Å²) in [6, 6.07) is 16.1. The van der Waals surface area contributed by atoms with Gasteiger partial charge in [-0.25, -0.2) is 8.42 Å². The molecule has 1 saturated heterocycles. The van der Waals surface area contributed by atoms with Crippen LogP contribution in [0.3, 0.4) is 0 Å². The molecule has 1 aliphatic heterocycles. The molecule has 0 saturated carbocycles. The number of rotatable bonds is 5. The van der Waals surface area contributed by atoms with Crippen LogP contribution < -0.4 is 4.72 Å². The van der Waals surface area contributed by atoms with E-state index >= 15 is 0 Å². The van der Waals surface area contributed by atoms with Crippen molar-refractivity contribution >= 4 is 49.1 Å². The van der Waals surface area contributed by atoms with Crippen LogP contribution in [0.5, 0.6) is 0 Å². The summed E-state index contributed by atoms with van der Waals surface area (Å²) in [6.07, 6.45) is 1.74. The van der Waals surface area contributed by atoms with E-state index in [1.165, 1.54) is 0 Å². The third-order valence-corrected chi connectivity index (χ3v) is 9.32. The van der Waals surface area contributed by atoms with Crippen molar-refractivity contribution in [3.05, 3.63) is 91.9 Å². The highest BCUT2D eigenvalue weighted by Gasteiger charge is 2.32. The molecular weight excluding hydrogens is 572 g/mol. The van der Waals surface area contributed by atoms with Gasteiger partial charge in [0.1, 0.15) is 0 Å². The Hall–Kier alpha value is -2.35. The fraction of sp³-hybridized carbons (Fsp3) is 0.345. The molecule has 1 unspecified atom stereocenters. The van der Waals surface area contributed by atoms with Gasteiger partial charge in [0.25, 0.3) is 15.9 Å². The molecule has 1 amide bonds. The van der Waals surface area contributed by atoms with Crippen LogP contribution >= 0.6 is 27.5 Å². The standard InChI is InChI=1S/C29H32BrClN2O3S/c1-18-15-21(29(3,4)5)16-27(19(18)2)37(35,36)32-23-11-8-20(9-12-23)28(34)33-14-6-7-26(33)24-13-10-22(30)17-25(24)31/h8-13,15-17,26,32H,6-7,14H2,1-5H3. The first-order chi connectivity index (χ1) is 17.3. The maximum absolute atomic E-state index is 13.4. The lowest BCUT2D eigenvalue weighted by atomic mass is 9.85. The van der Waals surface area contributed by atoms with E-state index in [1.54, 1.807) is 30.3 Å². The quantitative estimate of drug-likeness (QED) is 0.324. The molecule has 1 fully saturated rings. The van der Waals surface area contributed by atoms with Crippen molar-refractivity contribution in [3.63, 3.8) is 0 Å². The minimum atomic E-state index is -3.81. The summed E-state index contributed by atoms with van der Waals surface area (Å²) < 4.78 is 30.3. The molecule has 3 aromatic carbocycles. The summed E-state index contributed by atoms with van der Waals surface area (Å²) >= 11 is 9.91. The SMILES string of the molecule is Cc1cc(C(C)(C)C)cc(S(=O)(=O)Nc2ccc(C(=O)N3CCCC3c3ccc(Br)cc3Cl)cc2)c1C. The second-order valence-electron chi connectivity index (χ2n) is 10.7. The van der Waals surface area contributed by atoms with Gasteiger partial charge in [-0.1, -0.05) is 60.4 Å². The van der Waals surface area contributed by atoms with Crippen LogP contribution in [0, 0.1) is 13.8 Å². The number of anilines is 1. The van der Waals surface area contributed by atoms with Gasteiger partial charge in [0, 0.05) is 27.3 Å². The van der Waals surface area contributed by atoms with Crippen molar-refractivity contribution in [2.75, 3.05) is 11.3 Å². The van der Waals surface area contributed by atoms with E-state index in [2.05, 4.69) is 41.4 Å². The van der Waals surface area contributed by atoms with Crippen molar-refractivity contribution < 1.29 is 13.2 Å². The summed E-state index contributed by atoms with van der Waals surface area (Å²) in [6.45, 7) is 10.6. The smallest absolute Gasteiger partial charge is 0.262 e. The fourth-order valence-corrected chi connectivity index (χ4v) is 6.90. The van der Waals surface area contributed by atoms with E-state index in [9.17, 15) is 13.2 Å². The molecule has 1 heterocycles. The molecule has 5 nitrogen and oxygen atoms in total. The van der Waals surface area contributed by atoms with Gasteiger partial charge in [0.05, 0.1) is 10.9 Å². The first-order valence-corrected chi connectivity index (χ1v) is 14.9. The Balaban J connectivity index is 1.56. The lowest BCUT2D eigenvalue weighted by Crippen LogP contribution is -2.30. The number of benzene rings is 3. The van der Waals surface area contributed by atoms with Gasteiger partial charge in [-0.3, -0.25) is 9.52 Å². The van der Waals surface area contributed by atoms with Gasteiger partial charge in [0.15, 0.2) is 0 Å². The Bertz CT molecular complexity index is 1450. The number of carbonyl (C=O) groups excluding carboxylic acids is 1. The molecule has 0 aromatic heterocycles. The van der Waals surface area contributed by atoms with E-state index in [0.717, 1.165) is 39.6 Å². The van der Waals surface area contributed by atoms with Crippen LogP contribution in [-0.4, -0.2) is 25.8 Å². The highest BCUT2D eigenvalue weighted by Crippen LogP contribution is 2.38. The Morgan fingerprint density at radius 1 is 1.05 bits per heavy atom. The number of sulfonamides is 1. The summed E-state index contributed by atoms with van der Waals surface area (Å²) in [4.78, 5) is 15.5. The lowest BCUT2D eigenvalue weighted by molar-refractivity contribution is 0.0735. The lowest BCUT2D eigenvalue weighted by Gasteiger charge is -2.26. The van der Waals surface area contributed by atoms with Gasteiger partial charge in [-0.2, -0.15) is 0 Å². The Kier molecular flexibility index (Phi) is 7.80. The second kappa shape index (κ2) is 10.4. The van der Waals surface area contributed by atoms with Gasteiger partial charge >= 0.3 is 0 Å². The fourth-order valence-electron chi connectivity index (χ4n) is 4.70. The zero-order chi connectivity index (χ0) is 27.1. The van der Waals surface area contributed by atoms with Gasteiger partial charge in [-0.05, 0) is 96.8 Å². The summed E-state index contributed by atoms with van der Waals surface area (Å²) in [5, 5.41) is 0.630. The Morgan fingerprint density at radius 3 is 2.35 bits per heavy atom. The van der Waals surface area contributed by atoms with Crippen LogP contribution in [0.15, 0.2) is 64.0 Å². The van der Waals surface area contributed by atoms with E-state index < -0.39 is 10.0 Å². The van der Waals surface area contributed by atoms with E-state index in [-0.39, 0.29) is 22.3 Å². The largest absolute Gasteiger partial charge is 0.332 e. The molecule has 0 radical (unpaired) electrons. The van der Waals surface area contributed by atoms with Crippen LogP contribution in [0.4, 0.5) is 5.69 Å². The first-order valence-electron chi connectivity index (χ1n) is 12.3. The average Bonchev–Trinajstić information content (AvgIpc) is 3.29. The topological polar surface area (TPSA) is 66.5 Å². The molecule has 0 aliphatic carbocycles. The number of hydrogen-bond acceptors (Lipinski definition) is 3. The first kappa shape index (κ1) is 27.7. The van der Waals surface area contributed by atoms with Crippen molar-refractivity contribution in [3.8, 4) is 0 Å². The van der Waals surface area contributed by atoms with E-state index in [0.29, 0.717) is 22.8 Å². The Labute approximate surface area is 233 Å². The highest BCUT2D eigenvalue weighted by molar-refractivity contribution is 9.10. The van der Waals surface area contributed by atoms with Crippen molar-refractivity contribution in [1.82, 2.24) is 4.90 Å². The normalized spacial score (nSPS) is 16.2. The zero-order valence-electron chi connectivity index (χ0n) is 21.7. The minimum absolute atomic E-state index is 0.0902. The Morgan fingerprint density at radius 2 is 1.73 bits per heavy atom. The summed E-state index contributed by atoms with van der Waals surface area (Å²) in [7, 11) is -3.81. The van der Waals surface area contributed by atoms with Crippen LogP contribution in [0.25, 0.3) is 0 Å². The molecule has 4 rings (SSSR count). The summed E-state index contributed by atoms with van der Waals surface area (Å²) in [5.74, 6) is -0.0970. The van der Waals surface area contributed by atoms with Crippen molar-refractivity contribution in [2.45, 2.75) is 63.8 Å². The van der Waals surface area contributed by atoms with E-state index in [4.69, 9.17) is 11.6 Å². The number of halogens is 2. The molecule has 1 N–H and O–H groups in total. The molecule has 0 spiro atoms. The number of nitrogens with one attached hydrogen (secondary N) is 1. The van der Waals surface area contributed by atoms with Gasteiger partial charge in [0.2, 0.25) is 0 Å². The second-order valence-corrected chi connectivity index (χ2v) is 13.6. The number of aryl methyl sites for hydroxylation is 1. The van der Waals surface area contributed by atoms with Gasteiger partial charge < -0.3 is 4.90 Å². The molecule has 1 atom stereocenters. The molecule has 3 aromatic rings. The van der Waals surface area contributed by atoms with Crippen LogP contribution in [0.1, 0.15) is 72.3 Å². The molecule has 0 bridgehead atoms. The summed E-state index contributed by atoms with van der Waals surface area (Å²) in [5.41, 5.74) is 4.28. The number of carbonyl (C=O) groups is 1. The van der Waals surface area contributed by atoms with Crippen molar-refractivity contribution in [2.24, 2.45) is 0 Å². The maximum Gasteiger partial charge on any atom is 0.262 e. The third kappa shape index (κ3) is 5.89. The predicted octanol–water partition coefficient (Wildman–Crippen LogP) is 7.79. The van der Waals surface area contributed by atoms with Crippen molar-refractivity contribution in [1.29, 1.82) is 0 Å². The van der Waals surface area contributed by atoms with Crippen LogP contribution in [0.2, 0.25) is 5.02 Å². The molecule has 8 heteroatoms. The third-order valence-electron chi connectivity index (χ3n) is 6.99. The number of hydrogen-bond donors (Lipinski definition) is 1. The number of amides is 1. The monoisotopic (exact) mass is 602 g/mol. The van der Waals surface area contributed by atoms with E-state index in [1.807, 2.05) is 43.0 Å².